The summed E-state index contributed by atoms with van der Waals surface area (Å²) in [5.41, 5.74) is 1.36. The highest BCUT2D eigenvalue weighted by Crippen LogP contribution is 2.26. The van der Waals surface area contributed by atoms with Crippen LogP contribution < -0.4 is 4.74 Å². The lowest BCUT2D eigenvalue weighted by atomic mass is 9.87. The molecule has 1 aliphatic rings. The van der Waals surface area contributed by atoms with E-state index in [0.29, 0.717) is 29.0 Å². The van der Waals surface area contributed by atoms with E-state index in [-0.39, 0.29) is 17.9 Å². The molecule has 3 rings (SSSR count). The van der Waals surface area contributed by atoms with Crippen molar-refractivity contribution < 1.29 is 13.9 Å². The van der Waals surface area contributed by atoms with Crippen molar-refractivity contribution in [2.75, 3.05) is 5.75 Å². The first-order valence-corrected chi connectivity index (χ1v) is 11.2. The number of carbonyl (C=O) groups excluding carboxylic acids is 1. The highest BCUT2D eigenvalue weighted by Gasteiger charge is 2.29. The Hall–Kier alpha value is -2.02. The van der Waals surface area contributed by atoms with Crippen molar-refractivity contribution in [3.63, 3.8) is 0 Å². The summed E-state index contributed by atoms with van der Waals surface area (Å²) in [5, 5.41) is 8.45. The standard InChI is InChI=1S/C22H31N3O3S/c1-15-7-6-8-16(2)25(15)20(26)14-29-21-24-23-19(28-21)13-27-18-11-9-17(10-12-18)22(3,4)5/h9-12,15-16H,6-8,13-14H2,1-5H3/t15-,16+. The Kier molecular flexibility index (Phi) is 6.88. The van der Waals surface area contributed by atoms with Gasteiger partial charge in [0.2, 0.25) is 5.91 Å². The SMILES string of the molecule is C[C@@H]1CCC[C@H](C)N1C(=O)CSc1nnc(COc2ccc(C(C)(C)C)cc2)o1. The van der Waals surface area contributed by atoms with Gasteiger partial charge in [-0.3, -0.25) is 4.79 Å². The molecule has 29 heavy (non-hydrogen) atoms. The number of carbonyl (C=O) groups is 1. The fourth-order valence-electron chi connectivity index (χ4n) is 3.66. The lowest BCUT2D eigenvalue weighted by Crippen LogP contribution is -2.48. The summed E-state index contributed by atoms with van der Waals surface area (Å²) in [6.45, 7) is 11.0. The van der Waals surface area contributed by atoms with Gasteiger partial charge in [-0.2, -0.15) is 0 Å². The van der Waals surface area contributed by atoms with E-state index in [9.17, 15) is 4.79 Å². The van der Waals surface area contributed by atoms with Crippen LogP contribution >= 0.6 is 11.8 Å². The zero-order chi connectivity index (χ0) is 21.0. The second-order valence-electron chi connectivity index (χ2n) is 8.74. The molecular formula is C22H31N3O3S. The third-order valence-electron chi connectivity index (χ3n) is 5.33. The van der Waals surface area contributed by atoms with Crippen molar-refractivity contribution in [3.8, 4) is 5.75 Å². The molecule has 2 aromatic rings. The maximum atomic E-state index is 12.6. The minimum atomic E-state index is 0.109. The van der Waals surface area contributed by atoms with Crippen LogP contribution in [0.5, 0.6) is 5.75 Å². The second kappa shape index (κ2) is 9.20. The Morgan fingerprint density at radius 3 is 2.45 bits per heavy atom. The van der Waals surface area contributed by atoms with Gasteiger partial charge in [0.05, 0.1) is 5.75 Å². The maximum Gasteiger partial charge on any atom is 0.277 e. The van der Waals surface area contributed by atoms with Crippen LogP contribution in [0.15, 0.2) is 33.9 Å². The van der Waals surface area contributed by atoms with Gasteiger partial charge >= 0.3 is 0 Å². The van der Waals surface area contributed by atoms with E-state index in [1.165, 1.54) is 23.7 Å². The van der Waals surface area contributed by atoms with Crippen LogP contribution in [-0.2, 0) is 16.8 Å². The van der Waals surface area contributed by atoms with Crippen LogP contribution in [0.3, 0.4) is 0 Å². The molecule has 6 nitrogen and oxygen atoms in total. The average molecular weight is 418 g/mol. The summed E-state index contributed by atoms with van der Waals surface area (Å²) in [6.07, 6.45) is 3.32. The van der Waals surface area contributed by atoms with Crippen molar-refractivity contribution in [2.45, 2.75) is 83.2 Å². The van der Waals surface area contributed by atoms with Gasteiger partial charge in [0.15, 0.2) is 6.61 Å². The number of likely N-dealkylation sites (tertiary alicyclic amines) is 1. The van der Waals surface area contributed by atoms with Gasteiger partial charge in [-0.1, -0.05) is 44.7 Å². The zero-order valence-electron chi connectivity index (χ0n) is 18.0. The number of hydrogen-bond acceptors (Lipinski definition) is 6. The zero-order valence-corrected chi connectivity index (χ0v) is 18.8. The Morgan fingerprint density at radius 2 is 1.83 bits per heavy atom. The summed E-state index contributed by atoms with van der Waals surface area (Å²) in [6, 6.07) is 8.63. The minimum Gasteiger partial charge on any atom is -0.484 e. The van der Waals surface area contributed by atoms with Gasteiger partial charge < -0.3 is 14.1 Å². The molecule has 1 saturated heterocycles. The first kappa shape index (κ1) is 21.7. The monoisotopic (exact) mass is 417 g/mol. The molecule has 1 aliphatic heterocycles. The number of rotatable bonds is 6. The molecular weight excluding hydrogens is 386 g/mol. The molecule has 0 radical (unpaired) electrons. The van der Waals surface area contributed by atoms with Crippen molar-refractivity contribution in [3.05, 3.63) is 35.7 Å². The predicted molar refractivity (Wildman–Crippen MR) is 114 cm³/mol. The number of piperidine rings is 1. The van der Waals surface area contributed by atoms with Crippen LogP contribution in [0, 0.1) is 0 Å². The summed E-state index contributed by atoms with van der Waals surface area (Å²) >= 11 is 1.29. The molecule has 1 fully saturated rings. The van der Waals surface area contributed by atoms with Gasteiger partial charge in [-0.25, -0.2) is 0 Å². The summed E-state index contributed by atoms with van der Waals surface area (Å²) in [5.74, 6) is 1.60. The first-order chi connectivity index (χ1) is 13.7. The van der Waals surface area contributed by atoms with E-state index in [1.54, 1.807) is 0 Å². The third kappa shape index (κ3) is 5.75. The predicted octanol–water partition coefficient (Wildman–Crippen LogP) is 4.83. The molecule has 0 bridgehead atoms. The van der Waals surface area contributed by atoms with E-state index in [0.717, 1.165) is 18.6 Å². The lowest BCUT2D eigenvalue weighted by Gasteiger charge is -2.39. The number of amides is 1. The molecule has 2 atom stereocenters. The highest BCUT2D eigenvalue weighted by molar-refractivity contribution is 7.99. The van der Waals surface area contributed by atoms with E-state index in [4.69, 9.17) is 9.15 Å². The Labute approximate surface area is 177 Å². The molecule has 0 aliphatic carbocycles. The maximum absolute atomic E-state index is 12.6. The fourth-order valence-corrected chi connectivity index (χ4v) is 4.31. The lowest BCUT2D eigenvalue weighted by molar-refractivity contribution is -0.134. The smallest absolute Gasteiger partial charge is 0.277 e. The van der Waals surface area contributed by atoms with E-state index < -0.39 is 0 Å². The normalized spacial score (nSPS) is 20.0. The molecule has 0 unspecified atom stereocenters. The van der Waals surface area contributed by atoms with E-state index in [1.807, 2.05) is 17.0 Å². The van der Waals surface area contributed by atoms with Gasteiger partial charge in [-0.05, 0) is 56.2 Å². The molecule has 1 aromatic heterocycles. The molecule has 7 heteroatoms. The van der Waals surface area contributed by atoms with Gasteiger partial charge in [0.1, 0.15) is 5.75 Å². The number of hydrogen-bond donors (Lipinski definition) is 0. The van der Waals surface area contributed by atoms with Crippen LogP contribution in [0.2, 0.25) is 0 Å². The van der Waals surface area contributed by atoms with Gasteiger partial charge in [0, 0.05) is 12.1 Å². The molecule has 158 valence electrons. The summed E-state index contributed by atoms with van der Waals surface area (Å²) in [4.78, 5) is 14.6. The Morgan fingerprint density at radius 1 is 1.17 bits per heavy atom. The Bertz CT molecular complexity index is 803. The average Bonchev–Trinajstić information content (AvgIpc) is 3.12. The van der Waals surface area contributed by atoms with Gasteiger partial charge in [0.25, 0.3) is 11.1 Å². The Balaban J connectivity index is 1.49. The van der Waals surface area contributed by atoms with E-state index >= 15 is 0 Å². The van der Waals surface area contributed by atoms with Crippen LogP contribution in [0.25, 0.3) is 0 Å². The van der Waals surface area contributed by atoms with Gasteiger partial charge in [-0.15, -0.1) is 10.2 Å². The molecule has 0 saturated carbocycles. The first-order valence-electron chi connectivity index (χ1n) is 10.2. The third-order valence-corrected chi connectivity index (χ3v) is 6.13. The van der Waals surface area contributed by atoms with E-state index in [2.05, 4.69) is 56.9 Å². The quantitative estimate of drug-likeness (QED) is 0.627. The number of benzene rings is 1. The van der Waals surface area contributed by atoms with Crippen LogP contribution in [0.1, 0.15) is 65.3 Å². The topological polar surface area (TPSA) is 68.5 Å². The number of aromatic nitrogens is 2. The molecule has 0 spiro atoms. The van der Waals surface area contributed by atoms with Crippen molar-refractivity contribution in [1.29, 1.82) is 0 Å². The molecule has 1 amide bonds. The fraction of sp³-hybridized carbons (Fsp3) is 0.591. The number of thioether (sulfide) groups is 1. The van der Waals surface area contributed by atoms with Crippen molar-refractivity contribution in [1.82, 2.24) is 15.1 Å². The minimum absolute atomic E-state index is 0.109. The van der Waals surface area contributed by atoms with Crippen molar-refractivity contribution in [2.24, 2.45) is 0 Å². The largest absolute Gasteiger partial charge is 0.484 e. The van der Waals surface area contributed by atoms with Crippen LogP contribution in [0.4, 0.5) is 0 Å². The van der Waals surface area contributed by atoms with Crippen LogP contribution in [-0.4, -0.2) is 38.8 Å². The molecule has 0 N–H and O–H groups in total. The second-order valence-corrected chi connectivity index (χ2v) is 9.67. The number of ether oxygens (including phenoxy) is 1. The number of nitrogens with zero attached hydrogens (tertiary/aromatic N) is 3. The highest BCUT2D eigenvalue weighted by atomic mass is 32.2. The molecule has 2 heterocycles. The summed E-state index contributed by atoms with van der Waals surface area (Å²) in [7, 11) is 0. The summed E-state index contributed by atoms with van der Waals surface area (Å²) < 4.78 is 11.4. The molecule has 1 aromatic carbocycles. The van der Waals surface area contributed by atoms with Crippen molar-refractivity contribution >= 4 is 17.7 Å².